The zero-order valence-electron chi connectivity index (χ0n) is 8.69. The second-order valence-corrected chi connectivity index (χ2v) is 4.08. The summed E-state index contributed by atoms with van der Waals surface area (Å²) in [5.74, 6) is -0.850. The molecule has 0 saturated heterocycles. The molecule has 0 aromatic rings. The minimum absolute atomic E-state index is 0.00801. The van der Waals surface area contributed by atoms with Crippen molar-refractivity contribution in [1.82, 2.24) is 4.90 Å². The lowest BCUT2D eigenvalue weighted by molar-refractivity contribution is -0.149. The molecular formula is C10H17NO3. The fourth-order valence-electron chi connectivity index (χ4n) is 1.55. The summed E-state index contributed by atoms with van der Waals surface area (Å²) in [4.78, 5) is 23.8. The van der Waals surface area contributed by atoms with Crippen LogP contribution in [0, 0.1) is 5.92 Å². The maximum Gasteiger partial charge on any atom is 0.323 e. The molecule has 1 N–H and O–H groups in total. The summed E-state index contributed by atoms with van der Waals surface area (Å²) in [6.45, 7) is 3.52. The third-order valence-corrected chi connectivity index (χ3v) is 2.67. The number of carboxylic acid groups (broad SMARTS) is 1. The number of rotatable bonds is 4. The van der Waals surface area contributed by atoms with Crippen molar-refractivity contribution in [2.75, 3.05) is 6.54 Å². The molecule has 0 bridgehead atoms. The van der Waals surface area contributed by atoms with E-state index in [4.69, 9.17) is 5.11 Å². The van der Waals surface area contributed by atoms with Crippen LogP contribution in [0.4, 0.5) is 0 Å². The molecule has 0 aromatic heterocycles. The average Bonchev–Trinajstić information content (AvgIpc) is 1.95. The van der Waals surface area contributed by atoms with Crippen LogP contribution in [0.2, 0.25) is 0 Å². The number of carbonyl (C=O) groups is 2. The van der Waals surface area contributed by atoms with Gasteiger partial charge in [0.05, 0.1) is 0 Å². The van der Waals surface area contributed by atoms with Gasteiger partial charge in [0.25, 0.3) is 0 Å². The van der Waals surface area contributed by atoms with Gasteiger partial charge in [-0.2, -0.15) is 0 Å². The molecule has 0 unspecified atom stereocenters. The number of carbonyl (C=O) groups excluding carboxylic acids is 1. The molecule has 0 atom stereocenters. The largest absolute Gasteiger partial charge is 0.480 e. The van der Waals surface area contributed by atoms with Crippen LogP contribution in [-0.2, 0) is 9.59 Å². The first-order valence-corrected chi connectivity index (χ1v) is 5.04. The Morgan fingerprint density at radius 3 is 2.29 bits per heavy atom. The van der Waals surface area contributed by atoms with Crippen molar-refractivity contribution < 1.29 is 14.7 Å². The monoisotopic (exact) mass is 199 g/mol. The molecule has 1 aliphatic carbocycles. The van der Waals surface area contributed by atoms with Crippen LogP contribution >= 0.6 is 0 Å². The van der Waals surface area contributed by atoms with Crippen molar-refractivity contribution in [3.8, 4) is 0 Å². The smallest absolute Gasteiger partial charge is 0.323 e. The second kappa shape index (κ2) is 4.44. The minimum Gasteiger partial charge on any atom is -0.480 e. The fraction of sp³-hybridized carbons (Fsp3) is 0.800. The molecule has 0 aromatic carbocycles. The van der Waals surface area contributed by atoms with Crippen LogP contribution < -0.4 is 0 Å². The number of nitrogens with zero attached hydrogens (tertiary/aromatic N) is 1. The first kappa shape index (κ1) is 11.0. The third-order valence-electron chi connectivity index (χ3n) is 2.67. The average molecular weight is 199 g/mol. The molecule has 0 spiro atoms. The van der Waals surface area contributed by atoms with E-state index in [9.17, 15) is 9.59 Å². The zero-order valence-corrected chi connectivity index (χ0v) is 8.69. The summed E-state index contributed by atoms with van der Waals surface area (Å²) < 4.78 is 0. The molecule has 1 aliphatic rings. The van der Waals surface area contributed by atoms with Gasteiger partial charge in [-0.3, -0.25) is 9.59 Å². The van der Waals surface area contributed by atoms with Gasteiger partial charge < -0.3 is 10.0 Å². The third kappa shape index (κ3) is 2.47. The Balaban J connectivity index is 2.56. The van der Waals surface area contributed by atoms with Crippen molar-refractivity contribution in [3.63, 3.8) is 0 Å². The summed E-state index contributed by atoms with van der Waals surface area (Å²) in [5, 5.41) is 8.66. The van der Waals surface area contributed by atoms with E-state index < -0.39 is 5.97 Å². The molecule has 4 nitrogen and oxygen atoms in total. The number of aliphatic carboxylic acids is 1. The maximum atomic E-state index is 11.8. The highest BCUT2D eigenvalue weighted by atomic mass is 16.4. The van der Waals surface area contributed by atoms with Crippen LogP contribution in [0.25, 0.3) is 0 Å². The van der Waals surface area contributed by atoms with Gasteiger partial charge >= 0.3 is 5.97 Å². The predicted molar refractivity (Wildman–Crippen MR) is 51.8 cm³/mol. The molecular weight excluding hydrogens is 182 g/mol. The van der Waals surface area contributed by atoms with E-state index in [-0.39, 0.29) is 24.4 Å². The van der Waals surface area contributed by atoms with Crippen molar-refractivity contribution in [2.24, 2.45) is 5.92 Å². The van der Waals surface area contributed by atoms with E-state index in [0.717, 1.165) is 19.3 Å². The Kier molecular flexibility index (Phi) is 3.49. The van der Waals surface area contributed by atoms with Gasteiger partial charge in [-0.1, -0.05) is 6.42 Å². The topological polar surface area (TPSA) is 57.6 Å². The summed E-state index contributed by atoms with van der Waals surface area (Å²) >= 11 is 0. The molecule has 80 valence electrons. The lowest BCUT2D eigenvalue weighted by Gasteiger charge is -2.33. The highest BCUT2D eigenvalue weighted by Gasteiger charge is 2.31. The Morgan fingerprint density at radius 2 is 2.00 bits per heavy atom. The Labute approximate surface area is 83.9 Å². The van der Waals surface area contributed by atoms with E-state index in [2.05, 4.69) is 0 Å². The molecule has 1 amide bonds. The zero-order chi connectivity index (χ0) is 10.7. The van der Waals surface area contributed by atoms with E-state index in [1.165, 1.54) is 4.90 Å². The molecule has 0 aliphatic heterocycles. The van der Waals surface area contributed by atoms with Gasteiger partial charge in [0.2, 0.25) is 5.91 Å². The number of carboxylic acids is 1. The normalized spacial score (nSPS) is 16.5. The van der Waals surface area contributed by atoms with Gasteiger partial charge in [0.15, 0.2) is 0 Å². The van der Waals surface area contributed by atoms with Crippen molar-refractivity contribution in [2.45, 2.75) is 39.2 Å². The number of amides is 1. The number of hydrogen-bond donors (Lipinski definition) is 1. The standard InChI is InChI=1S/C10H17NO3/c1-7(2)11(6-9(12)13)10(14)8-4-3-5-8/h7-8H,3-6H2,1-2H3,(H,12,13). The quantitative estimate of drug-likeness (QED) is 0.737. The van der Waals surface area contributed by atoms with Crippen LogP contribution in [-0.4, -0.2) is 34.5 Å². The second-order valence-electron chi connectivity index (χ2n) is 4.08. The maximum absolute atomic E-state index is 11.8. The van der Waals surface area contributed by atoms with Crippen LogP contribution in [0.1, 0.15) is 33.1 Å². The summed E-state index contributed by atoms with van der Waals surface area (Å²) in [7, 11) is 0. The van der Waals surface area contributed by atoms with E-state index in [1.54, 1.807) is 0 Å². The lowest BCUT2D eigenvalue weighted by atomic mass is 9.84. The number of hydrogen-bond acceptors (Lipinski definition) is 2. The summed E-state index contributed by atoms with van der Waals surface area (Å²) in [6, 6.07) is -0.0285. The first-order chi connectivity index (χ1) is 6.52. The van der Waals surface area contributed by atoms with E-state index in [0.29, 0.717) is 0 Å². The minimum atomic E-state index is -0.939. The van der Waals surface area contributed by atoms with Crippen molar-refractivity contribution in [3.05, 3.63) is 0 Å². The van der Waals surface area contributed by atoms with Gasteiger partial charge in [0, 0.05) is 12.0 Å². The Hall–Kier alpha value is -1.06. The van der Waals surface area contributed by atoms with Gasteiger partial charge in [0.1, 0.15) is 6.54 Å². The highest BCUT2D eigenvalue weighted by molar-refractivity contribution is 5.83. The highest BCUT2D eigenvalue weighted by Crippen LogP contribution is 2.28. The predicted octanol–water partition coefficient (Wildman–Crippen LogP) is 1.11. The van der Waals surface area contributed by atoms with Gasteiger partial charge in [-0.15, -0.1) is 0 Å². The van der Waals surface area contributed by atoms with E-state index >= 15 is 0 Å². The van der Waals surface area contributed by atoms with Crippen molar-refractivity contribution in [1.29, 1.82) is 0 Å². The van der Waals surface area contributed by atoms with Gasteiger partial charge in [-0.05, 0) is 26.7 Å². The fourth-order valence-corrected chi connectivity index (χ4v) is 1.55. The van der Waals surface area contributed by atoms with Gasteiger partial charge in [-0.25, -0.2) is 0 Å². The Bertz CT molecular complexity index is 234. The molecule has 1 saturated carbocycles. The Morgan fingerprint density at radius 1 is 1.43 bits per heavy atom. The van der Waals surface area contributed by atoms with Crippen LogP contribution in [0.15, 0.2) is 0 Å². The molecule has 4 heteroatoms. The van der Waals surface area contributed by atoms with E-state index in [1.807, 2.05) is 13.8 Å². The summed E-state index contributed by atoms with van der Waals surface area (Å²) in [5.41, 5.74) is 0. The SMILES string of the molecule is CC(C)N(CC(=O)O)C(=O)C1CCC1. The van der Waals surface area contributed by atoms with Crippen molar-refractivity contribution >= 4 is 11.9 Å². The molecule has 1 fully saturated rings. The summed E-state index contributed by atoms with van der Waals surface area (Å²) in [6.07, 6.45) is 2.93. The molecule has 0 heterocycles. The first-order valence-electron chi connectivity index (χ1n) is 5.04. The molecule has 1 rings (SSSR count). The molecule has 14 heavy (non-hydrogen) atoms. The van der Waals surface area contributed by atoms with Crippen LogP contribution in [0.3, 0.4) is 0 Å². The lowest BCUT2D eigenvalue weighted by Crippen LogP contribution is -2.45. The molecule has 0 radical (unpaired) electrons. The van der Waals surface area contributed by atoms with Crippen LogP contribution in [0.5, 0.6) is 0 Å².